The summed E-state index contributed by atoms with van der Waals surface area (Å²) in [5.41, 5.74) is 4.27. The van der Waals surface area contributed by atoms with Crippen LogP contribution in [0.4, 0.5) is 0 Å². The highest BCUT2D eigenvalue weighted by molar-refractivity contribution is 6.42. The second kappa shape index (κ2) is 6.22. The van der Waals surface area contributed by atoms with Crippen molar-refractivity contribution in [3.63, 3.8) is 0 Å². The Morgan fingerprint density at radius 2 is 2.00 bits per heavy atom. The normalized spacial score (nSPS) is 11.1. The minimum atomic E-state index is -0.841. The first-order valence-corrected chi connectivity index (χ1v) is 7.86. The van der Waals surface area contributed by atoms with Gasteiger partial charge in [-0.2, -0.15) is 0 Å². The molecular weight excluding hydrogens is 335 g/mol. The fourth-order valence-electron chi connectivity index (χ4n) is 2.54. The van der Waals surface area contributed by atoms with Crippen LogP contribution >= 0.6 is 23.2 Å². The first-order valence-electron chi connectivity index (χ1n) is 7.10. The molecule has 0 aliphatic carbocycles. The third-order valence-corrected chi connectivity index (χ3v) is 4.39. The molecule has 0 radical (unpaired) electrons. The average Bonchev–Trinajstić information content (AvgIpc) is 2.85. The van der Waals surface area contributed by atoms with E-state index < -0.39 is 5.97 Å². The Balaban J connectivity index is 2.18. The standard InChI is InChI=1S/C17H14Cl2N2O2/c1-10-6-7-21-14(4-5-16(22)23)17(20-15(21)8-10)11-2-3-12(18)13(19)9-11/h2-3,6-9H,4-5H2,1H3,(H,22,23). The number of carbonyl (C=O) groups is 1. The van der Waals surface area contributed by atoms with Gasteiger partial charge in [-0.1, -0.05) is 29.3 Å². The summed E-state index contributed by atoms with van der Waals surface area (Å²) in [6, 6.07) is 9.24. The van der Waals surface area contributed by atoms with Gasteiger partial charge >= 0.3 is 5.97 Å². The van der Waals surface area contributed by atoms with E-state index >= 15 is 0 Å². The van der Waals surface area contributed by atoms with Crippen molar-refractivity contribution in [2.24, 2.45) is 0 Å². The Bertz CT molecular complexity index is 903. The minimum absolute atomic E-state index is 0.0377. The number of halogens is 2. The lowest BCUT2D eigenvalue weighted by Crippen LogP contribution is -2.01. The van der Waals surface area contributed by atoms with Crippen molar-refractivity contribution in [2.75, 3.05) is 0 Å². The van der Waals surface area contributed by atoms with Gasteiger partial charge in [-0.15, -0.1) is 0 Å². The van der Waals surface area contributed by atoms with Gasteiger partial charge in [0, 0.05) is 18.2 Å². The van der Waals surface area contributed by atoms with E-state index in [-0.39, 0.29) is 6.42 Å². The Hall–Kier alpha value is -2.04. The van der Waals surface area contributed by atoms with E-state index in [4.69, 9.17) is 28.3 Å². The highest BCUT2D eigenvalue weighted by atomic mass is 35.5. The van der Waals surface area contributed by atoms with Gasteiger partial charge in [0.2, 0.25) is 0 Å². The molecule has 23 heavy (non-hydrogen) atoms. The van der Waals surface area contributed by atoms with E-state index in [1.807, 2.05) is 35.7 Å². The van der Waals surface area contributed by atoms with Crippen molar-refractivity contribution in [1.82, 2.24) is 9.38 Å². The molecule has 3 rings (SSSR count). The van der Waals surface area contributed by atoms with Crippen LogP contribution in [0.15, 0.2) is 36.5 Å². The minimum Gasteiger partial charge on any atom is -0.481 e. The summed E-state index contributed by atoms with van der Waals surface area (Å²) in [5, 5.41) is 9.92. The zero-order chi connectivity index (χ0) is 16.6. The molecule has 0 atom stereocenters. The topological polar surface area (TPSA) is 54.6 Å². The lowest BCUT2D eigenvalue weighted by Gasteiger charge is -2.05. The molecule has 2 heterocycles. The molecular formula is C17H14Cl2N2O2. The monoisotopic (exact) mass is 348 g/mol. The third-order valence-electron chi connectivity index (χ3n) is 3.65. The number of imidazole rings is 1. The molecule has 0 unspecified atom stereocenters. The quantitative estimate of drug-likeness (QED) is 0.747. The van der Waals surface area contributed by atoms with E-state index in [0.717, 1.165) is 28.2 Å². The number of hydrogen-bond acceptors (Lipinski definition) is 2. The summed E-state index contributed by atoms with van der Waals surface area (Å²) in [4.78, 5) is 15.6. The number of rotatable bonds is 4. The van der Waals surface area contributed by atoms with Crippen molar-refractivity contribution < 1.29 is 9.90 Å². The predicted octanol–water partition coefficient (Wildman–Crippen LogP) is 4.63. The molecule has 0 amide bonds. The van der Waals surface area contributed by atoms with Gasteiger partial charge < -0.3 is 9.51 Å². The van der Waals surface area contributed by atoms with Crippen LogP contribution in [0.5, 0.6) is 0 Å². The molecule has 0 spiro atoms. The second-order valence-corrected chi connectivity index (χ2v) is 6.18. The summed E-state index contributed by atoms with van der Waals surface area (Å²) in [6.07, 6.45) is 2.33. The fraction of sp³-hybridized carbons (Fsp3) is 0.176. The Morgan fingerprint density at radius 3 is 2.70 bits per heavy atom. The Kier molecular flexibility index (Phi) is 4.28. The average molecular weight is 349 g/mol. The SMILES string of the molecule is Cc1ccn2c(CCC(=O)O)c(-c3ccc(Cl)c(Cl)c3)nc2c1. The number of carboxylic acid groups (broad SMARTS) is 1. The van der Waals surface area contributed by atoms with Crippen LogP contribution < -0.4 is 0 Å². The summed E-state index contributed by atoms with van der Waals surface area (Å²) in [6.45, 7) is 1.99. The summed E-state index contributed by atoms with van der Waals surface area (Å²) < 4.78 is 1.92. The molecule has 3 aromatic rings. The van der Waals surface area contributed by atoms with Crippen molar-refractivity contribution in [2.45, 2.75) is 19.8 Å². The van der Waals surface area contributed by atoms with E-state index in [1.54, 1.807) is 12.1 Å². The van der Waals surface area contributed by atoms with Crippen LogP contribution in [0, 0.1) is 6.92 Å². The maximum absolute atomic E-state index is 11.0. The molecule has 0 saturated carbocycles. The van der Waals surface area contributed by atoms with Crippen LogP contribution in [-0.4, -0.2) is 20.5 Å². The molecule has 2 aromatic heterocycles. The zero-order valence-electron chi connectivity index (χ0n) is 12.4. The smallest absolute Gasteiger partial charge is 0.303 e. The van der Waals surface area contributed by atoms with Crippen LogP contribution in [-0.2, 0) is 11.2 Å². The molecule has 118 valence electrons. The summed E-state index contributed by atoms with van der Waals surface area (Å²) in [5.74, 6) is -0.841. The molecule has 1 aromatic carbocycles. The first-order chi connectivity index (χ1) is 11.0. The predicted molar refractivity (Wildman–Crippen MR) is 91.3 cm³/mol. The number of hydrogen-bond donors (Lipinski definition) is 1. The summed E-state index contributed by atoms with van der Waals surface area (Å²) in [7, 11) is 0. The van der Waals surface area contributed by atoms with E-state index in [0.29, 0.717) is 16.5 Å². The van der Waals surface area contributed by atoms with Crippen molar-refractivity contribution in [1.29, 1.82) is 0 Å². The summed E-state index contributed by atoms with van der Waals surface area (Å²) >= 11 is 12.1. The zero-order valence-corrected chi connectivity index (χ0v) is 13.9. The number of aromatic nitrogens is 2. The van der Waals surface area contributed by atoms with Gasteiger partial charge in [0.1, 0.15) is 5.65 Å². The van der Waals surface area contributed by atoms with Crippen LogP contribution in [0.2, 0.25) is 10.0 Å². The molecule has 0 fully saturated rings. The molecule has 0 aliphatic heterocycles. The van der Waals surface area contributed by atoms with Crippen LogP contribution in [0.25, 0.3) is 16.9 Å². The maximum atomic E-state index is 11.0. The molecule has 0 saturated heterocycles. The third kappa shape index (κ3) is 3.19. The Morgan fingerprint density at radius 1 is 1.22 bits per heavy atom. The van der Waals surface area contributed by atoms with Gasteiger partial charge in [-0.3, -0.25) is 4.79 Å². The van der Waals surface area contributed by atoms with E-state index in [2.05, 4.69) is 4.98 Å². The van der Waals surface area contributed by atoms with Gasteiger partial charge in [-0.25, -0.2) is 4.98 Å². The molecule has 4 nitrogen and oxygen atoms in total. The number of pyridine rings is 1. The number of benzene rings is 1. The molecule has 0 aliphatic rings. The van der Waals surface area contributed by atoms with Crippen molar-refractivity contribution in [3.8, 4) is 11.3 Å². The lowest BCUT2D eigenvalue weighted by atomic mass is 10.1. The highest BCUT2D eigenvalue weighted by Crippen LogP contribution is 2.31. The number of fused-ring (bicyclic) bond motifs is 1. The number of aliphatic carboxylic acids is 1. The van der Waals surface area contributed by atoms with Crippen molar-refractivity contribution in [3.05, 3.63) is 57.8 Å². The van der Waals surface area contributed by atoms with Crippen LogP contribution in [0.3, 0.4) is 0 Å². The van der Waals surface area contributed by atoms with Gasteiger partial charge in [0.15, 0.2) is 0 Å². The van der Waals surface area contributed by atoms with E-state index in [1.165, 1.54) is 0 Å². The van der Waals surface area contributed by atoms with Gasteiger partial charge in [-0.05, 0) is 36.8 Å². The number of nitrogens with zero attached hydrogens (tertiary/aromatic N) is 2. The lowest BCUT2D eigenvalue weighted by molar-refractivity contribution is -0.136. The first kappa shape index (κ1) is 15.8. The van der Waals surface area contributed by atoms with Gasteiger partial charge in [0.25, 0.3) is 0 Å². The number of carboxylic acids is 1. The molecule has 1 N–H and O–H groups in total. The fourth-order valence-corrected chi connectivity index (χ4v) is 2.83. The van der Waals surface area contributed by atoms with E-state index in [9.17, 15) is 4.79 Å². The Labute approximate surface area is 143 Å². The molecule has 0 bridgehead atoms. The van der Waals surface area contributed by atoms with Crippen LogP contribution in [0.1, 0.15) is 17.7 Å². The molecule has 6 heteroatoms. The second-order valence-electron chi connectivity index (χ2n) is 5.36. The largest absolute Gasteiger partial charge is 0.481 e. The number of aryl methyl sites for hydroxylation is 2. The van der Waals surface area contributed by atoms with Gasteiger partial charge in [0.05, 0.1) is 27.9 Å². The highest BCUT2D eigenvalue weighted by Gasteiger charge is 2.16. The van der Waals surface area contributed by atoms with Crippen molar-refractivity contribution >= 4 is 34.8 Å². The maximum Gasteiger partial charge on any atom is 0.303 e.